The third-order valence-electron chi connectivity index (χ3n) is 5.10. The second-order valence-corrected chi connectivity index (χ2v) is 10.4. The Hall–Kier alpha value is -1.05. The Balaban J connectivity index is 1.90. The van der Waals surface area contributed by atoms with Crippen LogP contribution in [-0.4, -0.2) is 32.2 Å². The molecule has 1 aliphatic heterocycles. The van der Waals surface area contributed by atoms with Crippen molar-refractivity contribution < 1.29 is 13.2 Å². The van der Waals surface area contributed by atoms with Crippen molar-refractivity contribution in [2.75, 3.05) is 11.4 Å². The minimum atomic E-state index is -3.59. The molecule has 0 aromatic heterocycles. The standard InChI is InChI=1S/C18H26N2O3S2/c1-12-6-4-5-7-16(12)19-25(22,23)15-8-9-18-17(10-15)20(14(3)21)11-13(2)24-18/h8-10,12-13,16,19H,4-7,11H2,1-3H3/t12-,13+,16-/m1/s1. The van der Waals surface area contributed by atoms with Crippen molar-refractivity contribution in [3.8, 4) is 0 Å². The zero-order chi connectivity index (χ0) is 18.2. The summed E-state index contributed by atoms with van der Waals surface area (Å²) >= 11 is 1.68. The van der Waals surface area contributed by atoms with E-state index in [1.807, 2.05) is 6.07 Å². The molecule has 0 spiro atoms. The molecule has 2 aliphatic rings. The van der Waals surface area contributed by atoms with Crippen LogP contribution in [0.15, 0.2) is 28.0 Å². The lowest BCUT2D eigenvalue weighted by Crippen LogP contribution is -2.41. The highest BCUT2D eigenvalue weighted by Crippen LogP contribution is 2.39. The molecule has 3 rings (SSSR count). The van der Waals surface area contributed by atoms with Gasteiger partial charge in [-0.25, -0.2) is 13.1 Å². The maximum Gasteiger partial charge on any atom is 0.240 e. The summed E-state index contributed by atoms with van der Waals surface area (Å²) in [4.78, 5) is 14.9. The third kappa shape index (κ3) is 4.04. The minimum absolute atomic E-state index is 0.00640. The molecular formula is C18H26N2O3S2. The number of hydrogen-bond acceptors (Lipinski definition) is 4. The number of rotatable bonds is 3. The van der Waals surface area contributed by atoms with E-state index in [1.54, 1.807) is 28.8 Å². The number of nitrogens with one attached hydrogen (secondary N) is 1. The Morgan fingerprint density at radius 2 is 1.96 bits per heavy atom. The van der Waals surface area contributed by atoms with E-state index >= 15 is 0 Å². The average molecular weight is 383 g/mol. The smallest absolute Gasteiger partial charge is 0.240 e. The number of sulfonamides is 1. The summed E-state index contributed by atoms with van der Waals surface area (Å²) in [6, 6.07) is 5.11. The van der Waals surface area contributed by atoms with E-state index < -0.39 is 10.0 Å². The summed E-state index contributed by atoms with van der Waals surface area (Å²) in [5.74, 6) is 0.295. The third-order valence-corrected chi connectivity index (χ3v) is 7.74. The average Bonchev–Trinajstić information content (AvgIpc) is 2.55. The Morgan fingerprint density at radius 3 is 2.64 bits per heavy atom. The van der Waals surface area contributed by atoms with Crippen molar-refractivity contribution in [3.05, 3.63) is 18.2 Å². The first-order valence-corrected chi connectivity index (χ1v) is 11.3. The molecule has 5 nitrogen and oxygen atoms in total. The molecule has 1 heterocycles. The number of hydrogen-bond donors (Lipinski definition) is 1. The van der Waals surface area contributed by atoms with Crippen molar-refractivity contribution >= 4 is 33.4 Å². The molecule has 138 valence electrons. The van der Waals surface area contributed by atoms with Crippen LogP contribution >= 0.6 is 11.8 Å². The Kier molecular flexibility index (Phi) is 5.46. The van der Waals surface area contributed by atoms with E-state index in [0.29, 0.717) is 23.4 Å². The van der Waals surface area contributed by atoms with Crippen LogP contribution in [0.25, 0.3) is 0 Å². The van der Waals surface area contributed by atoms with Gasteiger partial charge in [0.15, 0.2) is 0 Å². The molecule has 3 atom stereocenters. The van der Waals surface area contributed by atoms with Crippen LogP contribution in [0.3, 0.4) is 0 Å². The van der Waals surface area contributed by atoms with Crippen LogP contribution in [0.4, 0.5) is 5.69 Å². The maximum absolute atomic E-state index is 12.9. The molecule has 1 N–H and O–H groups in total. The first kappa shape index (κ1) is 18.7. The maximum atomic E-state index is 12.9. The molecule has 0 saturated heterocycles. The summed E-state index contributed by atoms with van der Waals surface area (Å²) in [5, 5.41) is 0.292. The van der Waals surface area contributed by atoms with Crippen molar-refractivity contribution in [2.24, 2.45) is 5.92 Å². The topological polar surface area (TPSA) is 66.5 Å². The lowest BCUT2D eigenvalue weighted by atomic mass is 9.87. The van der Waals surface area contributed by atoms with Crippen LogP contribution in [0.2, 0.25) is 0 Å². The van der Waals surface area contributed by atoms with Gasteiger partial charge in [0, 0.05) is 29.7 Å². The fourth-order valence-electron chi connectivity index (χ4n) is 3.64. The number of nitrogens with zero attached hydrogens (tertiary/aromatic N) is 1. The molecular weight excluding hydrogens is 356 g/mol. The number of anilines is 1. The lowest BCUT2D eigenvalue weighted by Gasteiger charge is -2.32. The monoisotopic (exact) mass is 382 g/mol. The quantitative estimate of drug-likeness (QED) is 0.870. The largest absolute Gasteiger partial charge is 0.310 e. The molecule has 1 aromatic rings. The molecule has 0 unspecified atom stereocenters. The highest BCUT2D eigenvalue weighted by Gasteiger charge is 2.30. The van der Waals surface area contributed by atoms with Crippen molar-refractivity contribution in [3.63, 3.8) is 0 Å². The summed E-state index contributed by atoms with van der Waals surface area (Å²) in [6.07, 6.45) is 4.18. The van der Waals surface area contributed by atoms with Gasteiger partial charge < -0.3 is 4.90 Å². The van der Waals surface area contributed by atoms with Crippen LogP contribution in [0.1, 0.15) is 46.5 Å². The Labute approximate surface area is 154 Å². The molecule has 1 amide bonds. The van der Waals surface area contributed by atoms with Gasteiger partial charge in [-0.3, -0.25) is 4.79 Å². The molecule has 1 fully saturated rings. The summed E-state index contributed by atoms with van der Waals surface area (Å²) in [6.45, 7) is 6.30. The van der Waals surface area contributed by atoms with Crippen molar-refractivity contribution in [1.29, 1.82) is 0 Å². The molecule has 1 aromatic carbocycles. The first-order chi connectivity index (χ1) is 11.8. The van der Waals surface area contributed by atoms with Crippen LogP contribution < -0.4 is 9.62 Å². The molecule has 0 radical (unpaired) electrons. The van der Waals surface area contributed by atoms with Gasteiger partial charge in [0.05, 0.1) is 10.6 Å². The highest BCUT2D eigenvalue weighted by atomic mass is 32.2. The van der Waals surface area contributed by atoms with Crippen LogP contribution in [-0.2, 0) is 14.8 Å². The van der Waals surface area contributed by atoms with E-state index in [4.69, 9.17) is 0 Å². The number of carbonyl (C=O) groups excluding carboxylic acids is 1. The van der Waals surface area contributed by atoms with Crippen molar-refractivity contribution in [2.45, 2.75) is 67.5 Å². The number of thioether (sulfide) groups is 1. The zero-order valence-corrected chi connectivity index (χ0v) is 16.6. The zero-order valence-electron chi connectivity index (χ0n) is 15.0. The van der Waals surface area contributed by atoms with Crippen molar-refractivity contribution in [1.82, 2.24) is 4.72 Å². The molecule has 7 heteroatoms. The first-order valence-electron chi connectivity index (χ1n) is 8.89. The molecule has 1 aliphatic carbocycles. The van der Waals surface area contributed by atoms with Gasteiger partial charge in [-0.1, -0.05) is 26.7 Å². The lowest BCUT2D eigenvalue weighted by molar-refractivity contribution is -0.116. The van der Waals surface area contributed by atoms with Gasteiger partial charge in [0.1, 0.15) is 0 Å². The fourth-order valence-corrected chi connectivity index (χ4v) is 6.13. The van der Waals surface area contributed by atoms with E-state index in [9.17, 15) is 13.2 Å². The number of carbonyl (C=O) groups is 1. The number of fused-ring (bicyclic) bond motifs is 1. The number of amides is 1. The molecule has 0 bridgehead atoms. The summed E-state index contributed by atoms with van der Waals surface area (Å²) < 4.78 is 28.6. The van der Waals surface area contributed by atoms with Gasteiger partial charge in [0.25, 0.3) is 0 Å². The van der Waals surface area contributed by atoms with E-state index in [0.717, 1.165) is 24.2 Å². The predicted octanol–water partition coefficient (Wildman–Crippen LogP) is 3.39. The van der Waals surface area contributed by atoms with Crippen LogP contribution in [0, 0.1) is 5.92 Å². The van der Waals surface area contributed by atoms with Gasteiger partial charge in [0.2, 0.25) is 15.9 Å². The van der Waals surface area contributed by atoms with Crippen LogP contribution in [0.5, 0.6) is 0 Å². The van der Waals surface area contributed by atoms with E-state index in [2.05, 4.69) is 18.6 Å². The predicted molar refractivity (Wildman–Crippen MR) is 102 cm³/mol. The van der Waals surface area contributed by atoms with Gasteiger partial charge in [-0.2, -0.15) is 0 Å². The second-order valence-electron chi connectivity index (χ2n) is 7.18. The summed E-state index contributed by atoms with van der Waals surface area (Å²) in [5.41, 5.74) is 0.704. The SMILES string of the molecule is CC(=O)N1C[C@H](C)Sc2ccc(S(=O)(=O)N[C@@H]3CCCC[C@H]3C)cc21. The van der Waals surface area contributed by atoms with Gasteiger partial charge in [-0.05, 0) is 37.0 Å². The van der Waals surface area contributed by atoms with Gasteiger partial charge in [-0.15, -0.1) is 11.8 Å². The normalized spacial score (nSPS) is 27.0. The Bertz CT molecular complexity index is 764. The van der Waals surface area contributed by atoms with Gasteiger partial charge >= 0.3 is 0 Å². The van der Waals surface area contributed by atoms with E-state index in [-0.39, 0.29) is 16.8 Å². The molecule has 25 heavy (non-hydrogen) atoms. The second kappa shape index (κ2) is 7.29. The highest BCUT2D eigenvalue weighted by molar-refractivity contribution is 8.00. The summed E-state index contributed by atoms with van der Waals surface area (Å²) in [7, 11) is -3.59. The van der Waals surface area contributed by atoms with E-state index in [1.165, 1.54) is 13.3 Å². The number of benzene rings is 1. The minimum Gasteiger partial charge on any atom is -0.310 e. The Morgan fingerprint density at radius 1 is 1.24 bits per heavy atom. The molecule has 1 saturated carbocycles. The fraction of sp³-hybridized carbons (Fsp3) is 0.611.